The van der Waals surface area contributed by atoms with Gasteiger partial charge in [-0.1, -0.05) is 22.7 Å². The van der Waals surface area contributed by atoms with E-state index in [1.54, 1.807) is 31.7 Å². The van der Waals surface area contributed by atoms with E-state index >= 15 is 0 Å². The van der Waals surface area contributed by atoms with Crippen LogP contribution >= 0.6 is 54.5 Å². The molecule has 6 heterocycles. The average Bonchev–Trinajstić information content (AvgIpc) is 3.91. The number of carboxylic acids is 1. The van der Waals surface area contributed by atoms with Gasteiger partial charge in [0.15, 0.2) is 10.3 Å². The van der Waals surface area contributed by atoms with Crippen LogP contribution in [0.25, 0.3) is 42.7 Å². The third kappa shape index (κ3) is 11.2. The summed E-state index contributed by atoms with van der Waals surface area (Å²) >= 11 is 10.0. The first-order valence-electron chi connectivity index (χ1n) is 21.5. The number of carboxylic acid groups (broad SMARTS) is 1. The van der Waals surface area contributed by atoms with Crippen molar-refractivity contribution in [2.45, 2.75) is 60.3 Å². The topological polar surface area (TPSA) is 230 Å². The number of piperidine rings is 2. The fourth-order valence-corrected chi connectivity index (χ4v) is 10.5. The molecule has 0 aliphatic carbocycles. The summed E-state index contributed by atoms with van der Waals surface area (Å²) in [5, 5.41) is 21.3. The number of carbonyl (C=O) groups excluding carboxylic acids is 3. The average molecular weight is 1070 g/mol. The molecule has 8 rings (SSSR count). The molecule has 0 atom stereocenters. The third-order valence-corrected chi connectivity index (χ3v) is 15.3. The number of rotatable bonds is 11. The summed E-state index contributed by atoms with van der Waals surface area (Å²) in [6.45, 7) is 13.4. The Labute approximate surface area is 406 Å². The van der Waals surface area contributed by atoms with Gasteiger partial charge in [-0.15, -0.1) is 0 Å². The van der Waals surface area contributed by atoms with E-state index in [0.717, 1.165) is 51.6 Å². The van der Waals surface area contributed by atoms with E-state index in [9.17, 15) is 24.3 Å². The lowest BCUT2D eigenvalue weighted by atomic mass is 9.80. The van der Waals surface area contributed by atoms with Gasteiger partial charge in [-0.2, -0.15) is 0 Å². The van der Waals surface area contributed by atoms with Gasteiger partial charge in [0.2, 0.25) is 11.9 Å². The van der Waals surface area contributed by atoms with E-state index in [1.165, 1.54) is 22.7 Å². The van der Waals surface area contributed by atoms with Gasteiger partial charge < -0.3 is 30.3 Å². The molecule has 2 saturated heterocycles. The van der Waals surface area contributed by atoms with E-state index in [2.05, 4.69) is 87.9 Å². The Bertz CT molecular complexity index is 2720. The lowest BCUT2D eigenvalue weighted by Gasteiger charge is -2.37. The zero-order valence-electron chi connectivity index (χ0n) is 37.0. The number of nitrogens with zero attached hydrogens (tertiary/aromatic N) is 8. The molecule has 4 amide bonds. The van der Waals surface area contributed by atoms with Crippen molar-refractivity contribution in [3.05, 3.63) is 58.0 Å². The molecule has 0 bridgehead atoms. The first-order chi connectivity index (χ1) is 31.6. The normalized spacial score (nSPS) is 15.4. The summed E-state index contributed by atoms with van der Waals surface area (Å²) in [5.41, 5.74) is 3.94. The van der Waals surface area contributed by atoms with E-state index in [0.29, 0.717) is 93.7 Å². The van der Waals surface area contributed by atoms with Crippen molar-refractivity contribution >= 4 is 121 Å². The molecule has 4 aromatic heterocycles. The van der Waals surface area contributed by atoms with E-state index in [1.807, 2.05) is 56.9 Å². The highest BCUT2D eigenvalue weighted by molar-refractivity contribution is 9.11. The minimum absolute atomic E-state index is 0.127. The zero-order valence-corrected chi connectivity index (χ0v) is 41.8. The summed E-state index contributed by atoms with van der Waals surface area (Å²) < 4.78 is 8.89. The van der Waals surface area contributed by atoms with Crippen LogP contribution in [0.4, 0.5) is 31.7 Å². The Morgan fingerprint density at radius 2 is 1.05 bits per heavy atom. The number of nitrogens with one attached hydrogen (secondary N) is 4. The van der Waals surface area contributed by atoms with Crippen molar-refractivity contribution in [2.75, 3.05) is 66.3 Å². The molecule has 18 nitrogen and oxygen atoms in total. The van der Waals surface area contributed by atoms with Gasteiger partial charge >= 0.3 is 24.0 Å². The number of anilines is 4. The maximum atomic E-state index is 12.3. The third-order valence-electron chi connectivity index (χ3n) is 11.5. The Morgan fingerprint density at radius 1 is 0.652 bits per heavy atom. The smallest absolute Gasteiger partial charge is 0.321 e. The first-order valence-corrected chi connectivity index (χ1v) is 24.7. The molecule has 0 saturated carbocycles. The predicted molar refractivity (Wildman–Crippen MR) is 265 cm³/mol. The highest BCUT2D eigenvalue weighted by Gasteiger charge is 2.39. The molecule has 6 aromatic rings. The lowest BCUT2D eigenvalue weighted by Crippen LogP contribution is -2.44. The number of carbonyl (C=O) groups is 4. The van der Waals surface area contributed by atoms with Gasteiger partial charge in [-0.05, 0) is 128 Å². The van der Waals surface area contributed by atoms with E-state index < -0.39 is 16.8 Å². The van der Waals surface area contributed by atoms with Gasteiger partial charge in [0.05, 0.1) is 37.9 Å². The number of urea groups is 2. The molecule has 2 fully saturated rings. The van der Waals surface area contributed by atoms with Gasteiger partial charge in [0.1, 0.15) is 0 Å². The van der Waals surface area contributed by atoms with Crippen LogP contribution in [0.5, 0.6) is 0 Å². The molecule has 0 spiro atoms. The number of aromatic nitrogens is 6. The molecule has 348 valence electrons. The van der Waals surface area contributed by atoms with Crippen molar-refractivity contribution in [2.24, 2.45) is 10.8 Å². The minimum Gasteiger partial charge on any atom is -0.481 e. The molecule has 2 aromatic carbocycles. The number of hydrogen-bond donors (Lipinski definition) is 5. The molecule has 0 unspecified atom stereocenters. The lowest BCUT2D eigenvalue weighted by molar-refractivity contribution is -0.155. The Morgan fingerprint density at radius 3 is 1.41 bits per heavy atom. The van der Waals surface area contributed by atoms with Crippen molar-refractivity contribution in [1.29, 1.82) is 0 Å². The van der Waals surface area contributed by atoms with Crippen LogP contribution < -0.4 is 31.1 Å². The Hall–Kier alpha value is -5.58. The van der Waals surface area contributed by atoms with E-state index in [-0.39, 0.29) is 18.0 Å². The molecule has 66 heavy (non-hydrogen) atoms. The van der Waals surface area contributed by atoms with Crippen LogP contribution in [-0.2, 0) is 14.3 Å². The number of ether oxygens (including phenoxy) is 1. The maximum absolute atomic E-state index is 12.3. The van der Waals surface area contributed by atoms with Crippen LogP contribution in [0.3, 0.4) is 0 Å². The number of hydrogen-bond acceptors (Lipinski definition) is 15. The van der Waals surface area contributed by atoms with Crippen molar-refractivity contribution in [1.82, 2.24) is 40.5 Å². The van der Waals surface area contributed by atoms with Gasteiger partial charge in [-0.3, -0.25) is 20.2 Å². The summed E-state index contributed by atoms with van der Waals surface area (Å²) in [6, 6.07) is 7.32. The predicted octanol–water partition coefficient (Wildman–Crippen LogP) is 9.18. The quantitative estimate of drug-likeness (QED) is 0.0762. The number of aliphatic carboxylic acids is 1. The first kappa shape index (κ1) is 48.4. The second-order valence-electron chi connectivity index (χ2n) is 16.3. The SMILES string of the molecule is CCNC(=O)Nc1nc2cc(-c3cnc(N4CCC(C)(C(=O)O)CC4)nc3)cc(Br)c2s1.CCNC(=O)Nc1nc2cc(-c3cnc(N4CCC(C)(C(=O)OCC)CC4)nc3)cc(Br)c2s1. The van der Waals surface area contributed by atoms with Crippen molar-refractivity contribution in [3.8, 4) is 22.3 Å². The van der Waals surface area contributed by atoms with Crippen LogP contribution in [0.15, 0.2) is 58.0 Å². The monoisotopic (exact) mass is 1060 g/mol. The largest absolute Gasteiger partial charge is 0.481 e. The fraction of sp³-hybridized carbons (Fsp3) is 0.409. The molecule has 2 aliphatic heterocycles. The van der Waals surface area contributed by atoms with Crippen LogP contribution in [-0.4, -0.2) is 105 Å². The highest BCUT2D eigenvalue weighted by Crippen LogP contribution is 2.39. The molecule has 0 radical (unpaired) electrons. The van der Waals surface area contributed by atoms with Gasteiger partial charge in [0, 0.05) is 84.1 Å². The number of esters is 1. The fourth-order valence-electron chi connectivity index (χ4n) is 7.42. The Balaban J connectivity index is 0.000000197. The number of amides is 4. The molecular formula is C44H50Br2N12O6S2. The second-order valence-corrected chi connectivity index (χ2v) is 20.0. The standard InChI is InChI=1S/C23H27BrN6O3S.C21H23BrN6O3S/c1-4-25-21(32)29-22-28-17-11-14(10-16(24)18(17)34-22)15-12-26-20(27-13-15)30-8-6-23(3,7-9-30)19(31)33-5-2;1-3-23-19(31)27-20-26-15-9-12(8-14(22)16(15)32-20)13-10-24-18(25-11-13)28-6-4-21(2,5-7-28)17(29)30/h10-13H,4-9H2,1-3H3,(H2,25,28,29,32);8-11H,3-7H2,1-2H3,(H,29,30)(H2,23,26,27,31). The summed E-state index contributed by atoms with van der Waals surface area (Å²) in [7, 11) is 0. The van der Waals surface area contributed by atoms with Crippen LogP contribution in [0.2, 0.25) is 0 Å². The molecule has 22 heteroatoms. The second kappa shape index (κ2) is 20.9. The Kier molecular flexibility index (Phi) is 15.3. The number of fused-ring (bicyclic) bond motifs is 2. The van der Waals surface area contributed by atoms with Gasteiger partial charge in [0.25, 0.3) is 0 Å². The number of halogens is 2. The summed E-state index contributed by atoms with van der Waals surface area (Å²) in [5.74, 6) is 0.374. The number of benzene rings is 2. The summed E-state index contributed by atoms with van der Waals surface area (Å²) in [6.07, 6.45) is 9.67. The maximum Gasteiger partial charge on any atom is 0.321 e. The highest BCUT2D eigenvalue weighted by atomic mass is 79.9. The molecule has 2 aliphatic rings. The zero-order chi connectivity index (χ0) is 47.2. The number of thiazole rings is 2. The minimum atomic E-state index is -0.749. The van der Waals surface area contributed by atoms with Crippen LogP contribution in [0.1, 0.15) is 60.3 Å². The molecule has 5 N–H and O–H groups in total. The van der Waals surface area contributed by atoms with Crippen molar-refractivity contribution < 1.29 is 29.0 Å². The summed E-state index contributed by atoms with van der Waals surface area (Å²) in [4.78, 5) is 78.7. The van der Waals surface area contributed by atoms with E-state index in [4.69, 9.17) is 4.74 Å². The van der Waals surface area contributed by atoms with Crippen LogP contribution in [0, 0.1) is 10.8 Å². The van der Waals surface area contributed by atoms with Gasteiger partial charge in [-0.25, -0.2) is 39.5 Å². The van der Waals surface area contributed by atoms with Crippen molar-refractivity contribution in [3.63, 3.8) is 0 Å². The molecular weight excluding hydrogens is 1020 g/mol.